The summed E-state index contributed by atoms with van der Waals surface area (Å²) in [6.07, 6.45) is 5.52. The normalized spacial score (nSPS) is 11.2. The highest BCUT2D eigenvalue weighted by molar-refractivity contribution is 7.99. The van der Waals surface area contributed by atoms with Crippen LogP contribution >= 0.6 is 23.4 Å². The number of benzene rings is 1. The second-order valence-corrected chi connectivity index (χ2v) is 8.55. The Morgan fingerprint density at radius 1 is 1.18 bits per heavy atom. The molecule has 166 valence electrons. The van der Waals surface area contributed by atoms with Crippen LogP contribution in [0.25, 0.3) is 21.9 Å². The number of aromatic amines is 1. The van der Waals surface area contributed by atoms with Crippen molar-refractivity contribution in [2.24, 2.45) is 0 Å². The molecule has 0 amide bonds. The average Bonchev–Trinajstić information content (AvgIpc) is 3.15. The predicted molar refractivity (Wildman–Crippen MR) is 130 cm³/mol. The molecule has 4 aromatic heterocycles. The van der Waals surface area contributed by atoms with Gasteiger partial charge in [-0.15, -0.1) is 0 Å². The first-order valence-electron chi connectivity index (χ1n) is 10.1. The standard InChI is InChI=1S/C22H19ClN8OS/c1-3-15-18(23)17-20(28-11-6-12(32-2)9-25-8-11)30-22(31-21(17)29-15)33-13-4-5-14-16(7-13)26-10-27-19(14)24/h4-10H,3H2,1-2H3,(H2,24,26,27)(H2,28,29,30,31). The monoisotopic (exact) mass is 478 g/mol. The van der Waals surface area contributed by atoms with Crippen molar-refractivity contribution in [1.29, 1.82) is 0 Å². The Morgan fingerprint density at radius 3 is 2.88 bits per heavy atom. The summed E-state index contributed by atoms with van der Waals surface area (Å²) in [5.74, 6) is 1.65. The van der Waals surface area contributed by atoms with Gasteiger partial charge in [0.15, 0.2) is 5.16 Å². The lowest BCUT2D eigenvalue weighted by molar-refractivity contribution is 0.413. The molecule has 0 spiro atoms. The number of hydrogen-bond donors (Lipinski definition) is 3. The number of nitrogens with two attached hydrogens (primary N) is 1. The van der Waals surface area contributed by atoms with Crippen LogP contribution < -0.4 is 15.8 Å². The fraction of sp³-hybridized carbons (Fsp3) is 0.136. The van der Waals surface area contributed by atoms with Crippen LogP contribution in [0.2, 0.25) is 5.02 Å². The lowest BCUT2D eigenvalue weighted by atomic mass is 10.2. The SMILES string of the molecule is CCc1[nH]c2nc(Sc3ccc4c(N)ncnc4c3)nc(Nc3cncc(OC)c3)c2c1Cl. The number of nitrogen functional groups attached to an aromatic ring is 1. The number of hydrogen-bond acceptors (Lipinski definition) is 9. The lowest BCUT2D eigenvalue weighted by Crippen LogP contribution is -1.99. The minimum atomic E-state index is 0.445. The van der Waals surface area contributed by atoms with Crippen LogP contribution in [0.3, 0.4) is 0 Å². The van der Waals surface area contributed by atoms with Gasteiger partial charge in [0.1, 0.15) is 29.4 Å². The van der Waals surface area contributed by atoms with Crippen LogP contribution in [-0.4, -0.2) is 37.0 Å². The van der Waals surface area contributed by atoms with Gasteiger partial charge >= 0.3 is 0 Å². The molecule has 5 aromatic rings. The number of aromatic nitrogens is 6. The summed E-state index contributed by atoms with van der Waals surface area (Å²) in [4.78, 5) is 26.2. The Morgan fingerprint density at radius 2 is 2.06 bits per heavy atom. The van der Waals surface area contributed by atoms with Gasteiger partial charge < -0.3 is 20.8 Å². The third-order valence-electron chi connectivity index (χ3n) is 5.06. The quantitative estimate of drug-likeness (QED) is 0.289. The predicted octanol–water partition coefficient (Wildman–Crippen LogP) is 5.00. The smallest absolute Gasteiger partial charge is 0.196 e. The van der Waals surface area contributed by atoms with Gasteiger partial charge in [0.2, 0.25) is 0 Å². The molecule has 0 aliphatic carbocycles. The molecule has 0 fully saturated rings. The lowest BCUT2D eigenvalue weighted by Gasteiger charge is -2.10. The summed E-state index contributed by atoms with van der Waals surface area (Å²) >= 11 is 8.07. The zero-order valence-electron chi connectivity index (χ0n) is 17.8. The van der Waals surface area contributed by atoms with Crippen molar-refractivity contribution >= 4 is 62.6 Å². The van der Waals surface area contributed by atoms with E-state index < -0.39 is 0 Å². The summed E-state index contributed by atoms with van der Waals surface area (Å²) in [5.41, 5.74) is 8.97. The van der Waals surface area contributed by atoms with Gasteiger partial charge in [0.05, 0.1) is 41.1 Å². The minimum Gasteiger partial charge on any atom is -0.495 e. The molecular weight excluding hydrogens is 460 g/mol. The second kappa shape index (κ2) is 8.72. The summed E-state index contributed by atoms with van der Waals surface area (Å²) < 4.78 is 5.28. The fourth-order valence-corrected chi connectivity index (χ4v) is 4.58. The molecule has 9 nitrogen and oxygen atoms in total. The van der Waals surface area contributed by atoms with Crippen molar-refractivity contribution in [3.05, 3.63) is 53.7 Å². The first-order chi connectivity index (χ1) is 16.1. The molecule has 4 N–H and O–H groups in total. The van der Waals surface area contributed by atoms with Gasteiger partial charge in [-0.3, -0.25) is 4.98 Å². The highest BCUT2D eigenvalue weighted by Gasteiger charge is 2.18. The Labute approximate surface area is 198 Å². The van der Waals surface area contributed by atoms with E-state index in [-0.39, 0.29) is 0 Å². The maximum Gasteiger partial charge on any atom is 0.196 e. The molecule has 0 saturated carbocycles. The molecule has 5 rings (SSSR count). The number of rotatable bonds is 6. The van der Waals surface area contributed by atoms with E-state index in [1.165, 1.54) is 18.1 Å². The number of anilines is 3. The van der Waals surface area contributed by atoms with Crippen LogP contribution in [0, 0.1) is 0 Å². The first kappa shape index (κ1) is 21.2. The van der Waals surface area contributed by atoms with Crippen molar-refractivity contribution in [2.75, 3.05) is 18.2 Å². The molecule has 4 heterocycles. The minimum absolute atomic E-state index is 0.445. The maximum atomic E-state index is 6.66. The van der Waals surface area contributed by atoms with Gasteiger partial charge in [0, 0.05) is 22.0 Å². The van der Waals surface area contributed by atoms with E-state index in [1.807, 2.05) is 31.2 Å². The number of aryl methyl sites for hydroxylation is 1. The number of nitrogens with one attached hydrogen (secondary N) is 2. The summed E-state index contributed by atoms with van der Waals surface area (Å²) in [5, 5.41) is 5.98. The average molecular weight is 479 g/mol. The van der Waals surface area contributed by atoms with E-state index in [1.54, 1.807) is 19.5 Å². The molecule has 0 aliphatic rings. The third kappa shape index (κ3) is 4.10. The van der Waals surface area contributed by atoms with Crippen molar-refractivity contribution in [2.45, 2.75) is 23.4 Å². The van der Waals surface area contributed by atoms with Crippen LogP contribution in [0.1, 0.15) is 12.6 Å². The van der Waals surface area contributed by atoms with Crippen molar-refractivity contribution < 1.29 is 4.74 Å². The summed E-state index contributed by atoms with van der Waals surface area (Å²) in [7, 11) is 1.59. The third-order valence-corrected chi connectivity index (χ3v) is 6.33. The van der Waals surface area contributed by atoms with E-state index in [0.717, 1.165) is 39.0 Å². The molecule has 0 aliphatic heterocycles. The van der Waals surface area contributed by atoms with E-state index >= 15 is 0 Å². The highest BCUT2D eigenvalue weighted by Crippen LogP contribution is 2.37. The number of nitrogens with zero attached hydrogens (tertiary/aromatic N) is 5. The summed E-state index contributed by atoms with van der Waals surface area (Å²) in [6.45, 7) is 2.03. The molecule has 0 radical (unpaired) electrons. The number of pyridine rings is 1. The first-order valence-corrected chi connectivity index (χ1v) is 11.3. The second-order valence-electron chi connectivity index (χ2n) is 7.13. The maximum absolute atomic E-state index is 6.66. The van der Waals surface area contributed by atoms with Crippen LogP contribution in [0.5, 0.6) is 5.75 Å². The van der Waals surface area contributed by atoms with E-state index in [0.29, 0.717) is 33.2 Å². The zero-order chi connectivity index (χ0) is 22.9. The largest absolute Gasteiger partial charge is 0.495 e. The van der Waals surface area contributed by atoms with Crippen molar-refractivity contribution in [3.8, 4) is 5.75 Å². The van der Waals surface area contributed by atoms with Crippen LogP contribution in [0.15, 0.2) is 53.0 Å². The van der Waals surface area contributed by atoms with E-state index in [2.05, 4.69) is 25.3 Å². The molecule has 0 unspecified atom stereocenters. The number of halogens is 1. The fourth-order valence-electron chi connectivity index (χ4n) is 3.43. The number of methoxy groups -OCH3 is 1. The van der Waals surface area contributed by atoms with Crippen molar-refractivity contribution in [1.82, 2.24) is 29.9 Å². The summed E-state index contributed by atoms with van der Waals surface area (Å²) in [6, 6.07) is 7.61. The van der Waals surface area contributed by atoms with Gasteiger partial charge in [-0.1, -0.05) is 18.5 Å². The Hall–Kier alpha value is -3.63. The van der Waals surface area contributed by atoms with Gasteiger partial charge in [-0.25, -0.2) is 19.9 Å². The van der Waals surface area contributed by atoms with Crippen molar-refractivity contribution in [3.63, 3.8) is 0 Å². The number of H-pyrrole nitrogens is 1. The topological polar surface area (TPSA) is 128 Å². The van der Waals surface area contributed by atoms with E-state index in [9.17, 15) is 0 Å². The van der Waals surface area contributed by atoms with Gasteiger partial charge in [-0.05, 0) is 36.4 Å². The highest BCUT2D eigenvalue weighted by atomic mass is 35.5. The Kier molecular flexibility index (Phi) is 5.61. The molecule has 0 bridgehead atoms. The van der Waals surface area contributed by atoms with Crippen LogP contribution in [0.4, 0.5) is 17.3 Å². The molecule has 0 atom stereocenters. The molecule has 0 saturated heterocycles. The molecule has 11 heteroatoms. The Bertz CT molecular complexity index is 1490. The molecular formula is C22H19ClN8OS. The number of fused-ring (bicyclic) bond motifs is 2. The van der Waals surface area contributed by atoms with Gasteiger partial charge in [-0.2, -0.15) is 0 Å². The molecule has 1 aromatic carbocycles. The molecule has 33 heavy (non-hydrogen) atoms. The van der Waals surface area contributed by atoms with Gasteiger partial charge in [0.25, 0.3) is 0 Å². The Balaban J connectivity index is 1.58. The number of ether oxygens (including phenoxy) is 1. The van der Waals surface area contributed by atoms with Crippen LogP contribution in [-0.2, 0) is 6.42 Å². The van der Waals surface area contributed by atoms with E-state index in [4.69, 9.17) is 32.0 Å². The zero-order valence-corrected chi connectivity index (χ0v) is 19.3.